The molecule has 2 heterocycles. The number of anilines is 1. The van der Waals surface area contributed by atoms with Crippen LogP contribution in [-0.2, 0) is 24.2 Å². The van der Waals surface area contributed by atoms with Gasteiger partial charge in [-0.05, 0) is 11.6 Å². The molecule has 0 spiro atoms. The normalized spacial score (nSPS) is 13.8. The fourth-order valence-electron chi connectivity index (χ4n) is 3.64. The predicted molar refractivity (Wildman–Crippen MR) is 114 cm³/mol. The second kappa shape index (κ2) is 10.2. The Labute approximate surface area is 181 Å². The van der Waals surface area contributed by atoms with E-state index in [0.29, 0.717) is 55.5 Å². The first kappa shape index (κ1) is 22.4. The van der Waals surface area contributed by atoms with Crippen molar-refractivity contribution in [3.8, 4) is 6.07 Å². The number of hydrogen-bond acceptors (Lipinski definition) is 6. The molecule has 0 bridgehead atoms. The molecule has 1 aliphatic rings. The van der Waals surface area contributed by atoms with Crippen molar-refractivity contribution in [3.05, 3.63) is 52.7 Å². The second-order valence-electron chi connectivity index (χ2n) is 7.58. The van der Waals surface area contributed by atoms with Gasteiger partial charge in [0.2, 0.25) is 0 Å². The molecule has 9 heteroatoms. The summed E-state index contributed by atoms with van der Waals surface area (Å²) in [5.41, 5.74) is 1.97. The van der Waals surface area contributed by atoms with Gasteiger partial charge in [0.15, 0.2) is 0 Å². The van der Waals surface area contributed by atoms with E-state index in [-0.39, 0.29) is 24.9 Å². The maximum atomic E-state index is 14.4. The molecule has 1 saturated heterocycles. The highest BCUT2D eigenvalue weighted by atomic mass is 19.1. The molecule has 1 aliphatic heterocycles. The quantitative estimate of drug-likeness (QED) is 0.704. The maximum absolute atomic E-state index is 14.4. The lowest BCUT2D eigenvalue weighted by Gasteiger charge is -2.37. The molecule has 31 heavy (non-hydrogen) atoms. The van der Waals surface area contributed by atoms with Gasteiger partial charge in [-0.15, -0.1) is 0 Å². The SMILES string of the molecule is COCc1nc(CC#N)nc(N2CCN(C(=O)N(C)C)CC2)c1Cc1ccccc1F. The van der Waals surface area contributed by atoms with Crippen LogP contribution in [0, 0.1) is 17.1 Å². The van der Waals surface area contributed by atoms with Crippen LogP contribution in [0.25, 0.3) is 0 Å². The Hall–Kier alpha value is -3.25. The fourth-order valence-corrected chi connectivity index (χ4v) is 3.64. The van der Waals surface area contributed by atoms with Gasteiger partial charge < -0.3 is 19.4 Å². The van der Waals surface area contributed by atoms with E-state index in [4.69, 9.17) is 10.00 Å². The number of urea groups is 1. The zero-order valence-electron chi connectivity index (χ0n) is 18.1. The van der Waals surface area contributed by atoms with E-state index in [0.717, 1.165) is 5.56 Å². The molecular formula is C22H27FN6O2. The highest BCUT2D eigenvalue weighted by molar-refractivity contribution is 5.74. The average Bonchev–Trinajstić information content (AvgIpc) is 2.76. The summed E-state index contributed by atoms with van der Waals surface area (Å²) < 4.78 is 19.7. The van der Waals surface area contributed by atoms with Crippen molar-refractivity contribution in [1.29, 1.82) is 5.26 Å². The van der Waals surface area contributed by atoms with Crippen LogP contribution in [0.4, 0.5) is 15.0 Å². The molecule has 8 nitrogen and oxygen atoms in total. The first-order chi connectivity index (χ1) is 14.9. The molecule has 1 aromatic carbocycles. The summed E-state index contributed by atoms with van der Waals surface area (Å²) >= 11 is 0. The van der Waals surface area contributed by atoms with Crippen molar-refractivity contribution in [1.82, 2.24) is 19.8 Å². The van der Waals surface area contributed by atoms with Crippen molar-refractivity contribution in [3.63, 3.8) is 0 Å². The van der Waals surface area contributed by atoms with E-state index in [9.17, 15) is 9.18 Å². The van der Waals surface area contributed by atoms with Crippen molar-refractivity contribution < 1.29 is 13.9 Å². The third-order valence-electron chi connectivity index (χ3n) is 5.19. The van der Waals surface area contributed by atoms with Gasteiger partial charge in [-0.2, -0.15) is 5.26 Å². The molecule has 0 saturated carbocycles. The number of amides is 2. The van der Waals surface area contributed by atoms with Crippen LogP contribution in [0.2, 0.25) is 0 Å². The number of aromatic nitrogens is 2. The molecule has 0 aliphatic carbocycles. The topological polar surface area (TPSA) is 85.6 Å². The van der Waals surface area contributed by atoms with Crippen molar-refractivity contribution >= 4 is 11.8 Å². The highest BCUT2D eigenvalue weighted by Crippen LogP contribution is 2.27. The summed E-state index contributed by atoms with van der Waals surface area (Å²) in [7, 11) is 5.04. The van der Waals surface area contributed by atoms with Crippen LogP contribution < -0.4 is 4.90 Å². The van der Waals surface area contributed by atoms with Crippen LogP contribution >= 0.6 is 0 Å². The van der Waals surface area contributed by atoms with E-state index in [1.807, 2.05) is 0 Å². The number of hydrogen-bond donors (Lipinski definition) is 0. The number of ether oxygens (including phenoxy) is 1. The highest BCUT2D eigenvalue weighted by Gasteiger charge is 2.26. The summed E-state index contributed by atoms with van der Waals surface area (Å²) in [5.74, 6) is 0.792. The molecule has 0 N–H and O–H groups in total. The lowest BCUT2D eigenvalue weighted by atomic mass is 10.0. The van der Waals surface area contributed by atoms with Gasteiger partial charge in [-0.25, -0.2) is 19.2 Å². The van der Waals surface area contributed by atoms with Crippen LogP contribution in [-0.4, -0.2) is 73.2 Å². The molecule has 3 rings (SSSR count). The third kappa shape index (κ3) is 5.27. The summed E-state index contributed by atoms with van der Waals surface area (Å²) in [4.78, 5) is 26.9. The third-order valence-corrected chi connectivity index (χ3v) is 5.19. The number of halogens is 1. The van der Waals surface area contributed by atoms with Crippen LogP contribution in [0.3, 0.4) is 0 Å². The van der Waals surface area contributed by atoms with Gasteiger partial charge in [-0.3, -0.25) is 0 Å². The number of carbonyl (C=O) groups is 1. The van der Waals surface area contributed by atoms with Gasteiger partial charge >= 0.3 is 6.03 Å². The number of piperazine rings is 1. The molecule has 0 unspecified atom stereocenters. The first-order valence-corrected chi connectivity index (χ1v) is 10.1. The van der Waals surface area contributed by atoms with E-state index in [1.54, 1.807) is 49.2 Å². The summed E-state index contributed by atoms with van der Waals surface area (Å²) in [6.45, 7) is 2.50. The Kier molecular flexibility index (Phi) is 7.36. The number of methoxy groups -OCH3 is 1. The average molecular weight is 426 g/mol. The molecule has 1 aromatic heterocycles. The first-order valence-electron chi connectivity index (χ1n) is 10.1. The van der Waals surface area contributed by atoms with Gasteiger partial charge in [0.05, 0.1) is 24.8 Å². The lowest BCUT2D eigenvalue weighted by Crippen LogP contribution is -2.52. The molecule has 1 fully saturated rings. The molecule has 2 amide bonds. The molecule has 2 aromatic rings. The monoisotopic (exact) mass is 426 g/mol. The Bertz CT molecular complexity index is 967. The van der Waals surface area contributed by atoms with Crippen molar-refractivity contribution in [2.75, 3.05) is 52.3 Å². The Morgan fingerprint density at radius 3 is 2.55 bits per heavy atom. The summed E-state index contributed by atoms with van der Waals surface area (Å²) in [6, 6.07) is 8.69. The summed E-state index contributed by atoms with van der Waals surface area (Å²) in [6.07, 6.45) is 0.382. The minimum Gasteiger partial charge on any atom is -0.378 e. The number of rotatable bonds is 6. The van der Waals surface area contributed by atoms with Gasteiger partial charge in [0.25, 0.3) is 0 Å². The minimum absolute atomic E-state index is 0.0286. The minimum atomic E-state index is -0.292. The smallest absolute Gasteiger partial charge is 0.319 e. The van der Waals surface area contributed by atoms with E-state index < -0.39 is 0 Å². The fraction of sp³-hybridized carbons (Fsp3) is 0.455. The van der Waals surface area contributed by atoms with Crippen LogP contribution in [0.15, 0.2) is 24.3 Å². The van der Waals surface area contributed by atoms with Gasteiger partial charge in [0, 0.05) is 59.4 Å². The van der Waals surface area contributed by atoms with Crippen molar-refractivity contribution in [2.45, 2.75) is 19.4 Å². The number of carbonyl (C=O) groups excluding carboxylic acids is 1. The number of nitrogens with zero attached hydrogens (tertiary/aromatic N) is 6. The Balaban J connectivity index is 1.98. The van der Waals surface area contributed by atoms with Crippen LogP contribution in [0.5, 0.6) is 0 Å². The zero-order valence-corrected chi connectivity index (χ0v) is 18.1. The number of benzene rings is 1. The van der Waals surface area contributed by atoms with E-state index in [2.05, 4.69) is 20.9 Å². The number of nitriles is 1. The largest absolute Gasteiger partial charge is 0.378 e. The molecule has 0 atom stereocenters. The van der Waals surface area contributed by atoms with E-state index in [1.165, 1.54) is 6.07 Å². The van der Waals surface area contributed by atoms with Crippen molar-refractivity contribution in [2.24, 2.45) is 0 Å². The standard InChI is InChI=1S/C22H27FN6O2/c1-27(2)22(30)29-12-10-28(11-13-29)21-17(14-16-6-4-5-7-18(16)23)19(15-31-3)25-20(26-21)8-9-24/h4-7H,8,10-15H2,1-3H3. The maximum Gasteiger partial charge on any atom is 0.319 e. The molecule has 0 radical (unpaired) electrons. The van der Waals surface area contributed by atoms with Gasteiger partial charge in [0.1, 0.15) is 17.5 Å². The Morgan fingerprint density at radius 2 is 1.94 bits per heavy atom. The lowest BCUT2D eigenvalue weighted by molar-refractivity contribution is 0.167. The summed E-state index contributed by atoms with van der Waals surface area (Å²) in [5, 5.41) is 9.16. The van der Waals surface area contributed by atoms with Gasteiger partial charge in [-0.1, -0.05) is 18.2 Å². The second-order valence-corrected chi connectivity index (χ2v) is 7.58. The van der Waals surface area contributed by atoms with E-state index >= 15 is 0 Å². The van der Waals surface area contributed by atoms with Crippen LogP contribution in [0.1, 0.15) is 22.6 Å². The Morgan fingerprint density at radius 1 is 1.23 bits per heavy atom. The molecular weight excluding hydrogens is 399 g/mol. The predicted octanol–water partition coefficient (Wildman–Crippen LogP) is 2.22. The molecule has 164 valence electrons. The zero-order chi connectivity index (χ0) is 22.4.